The number of hydrogen-bond donors (Lipinski definition) is 1. The molecule has 1 N–H and O–H groups in total. The molecular weight excluding hydrogens is 234 g/mol. The third-order valence-electron chi connectivity index (χ3n) is 3.07. The van der Waals surface area contributed by atoms with Crippen LogP contribution in [0.25, 0.3) is 0 Å². The largest absolute Gasteiger partial charge is 0.481 e. The molecule has 94 valence electrons. The molecule has 1 heterocycles. The minimum absolute atomic E-state index is 0.220. The molecule has 0 unspecified atom stereocenters. The van der Waals surface area contributed by atoms with Crippen molar-refractivity contribution in [1.29, 1.82) is 0 Å². The molecule has 2 amide bonds. The molecule has 0 aromatic heterocycles. The van der Waals surface area contributed by atoms with Gasteiger partial charge in [-0.25, -0.2) is 0 Å². The Labute approximate surface area is 104 Å². The maximum Gasteiger partial charge on any atom is 0.305 e. The van der Waals surface area contributed by atoms with Gasteiger partial charge in [0, 0.05) is 0 Å². The van der Waals surface area contributed by atoms with Crippen LogP contribution in [0.15, 0.2) is 24.3 Å². The number of nitrogens with zero attached hydrogens (tertiary/aromatic N) is 1. The maximum absolute atomic E-state index is 12.1. The monoisotopic (exact) mass is 247 g/mol. The summed E-state index contributed by atoms with van der Waals surface area (Å²) in [5.41, 5.74) is 0.706. The number of amides is 2. The number of carbonyl (C=O) groups is 3. The van der Waals surface area contributed by atoms with E-state index in [1.165, 1.54) is 0 Å². The van der Waals surface area contributed by atoms with E-state index < -0.39 is 23.8 Å². The molecular formula is C13H13NO4. The molecule has 1 aliphatic rings. The standard InChI is InChI=1S/C13H13NO4/c1-2-8(7-11(15)16)14-12(17)9-5-3-4-6-10(9)13(14)18/h3-6,8H,2,7H2,1H3,(H,15,16)/t8-/m0/s1. The molecule has 18 heavy (non-hydrogen) atoms. The summed E-state index contributed by atoms with van der Waals surface area (Å²) in [4.78, 5) is 36.0. The van der Waals surface area contributed by atoms with Gasteiger partial charge >= 0.3 is 5.97 Å². The molecule has 1 atom stereocenters. The molecule has 0 radical (unpaired) electrons. The predicted octanol–water partition coefficient (Wildman–Crippen LogP) is 1.54. The zero-order valence-corrected chi connectivity index (χ0v) is 9.92. The fraction of sp³-hybridized carbons (Fsp3) is 0.308. The van der Waals surface area contributed by atoms with Crippen molar-refractivity contribution in [2.24, 2.45) is 0 Å². The first-order valence-electron chi connectivity index (χ1n) is 5.75. The van der Waals surface area contributed by atoms with E-state index in [1.54, 1.807) is 31.2 Å². The van der Waals surface area contributed by atoms with E-state index in [4.69, 9.17) is 5.11 Å². The fourth-order valence-electron chi connectivity index (χ4n) is 2.16. The van der Waals surface area contributed by atoms with Gasteiger partial charge in [-0.15, -0.1) is 0 Å². The molecule has 5 heteroatoms. The van der Waals surface area contributed by atoms with Crippen LogP contribution < -0.4 is 0 Å². The third-order valence-corrected chi connectivity index (χ3v) is 3.07. The molecule has 1 aromatic rings. The number of hydrogen-bond acceptors (Lipinski definition) is 3. The van der Waals surface area contributed by atoms with Crippen molar-refractivity contribution in [3.63, 3.8) is 0 Å². The lowest BCUT2D eigenvalue weighted by atomic mass is 10.1. The van der Waals surface area contributed by atoms with Gasteiger partial charge in [0.1, 0.15) is 0 Å². The van der Waals surface area contributed by atoms with Crippen molar-refractivity contribution in [3.05, 3.63) is 35.4 Å². The topological polar surface area (TPSA) is 74.7 Å². The molecule has 1 aromatic carbocycles. The molecule has 5 nitrogen and oxygen atoms in total. The Hall–Kier alpha value is -2.17. The highest BCUT2D eigenvalue weighted by Gasteiger charge is 2.39. The van der Waals surface area contributed by atoms with Crippen LogP contribution >= 0.6 is 0 Å². The minimum Gasteiger partial charge on any atom is -0.481 e. The van der Waals surface area contributed by atoms with E-state index in [0.717, 1.165) is 4.90 Å². The Balaban J connectivity index is 2.35. The summed E-state index contributed by atoms with van der Waals surface area (Å²) >= 11 is 0. The lowest BCUT2D eigenvalue weighted by Crippen LogP contribution is -2.40. The van der Waals surface area contributed by atoms with Crippen molar-refractivity contribution in [3.8, 4) is 0 Å². The van der Waals surface area contributed by atoms with Crippen LogP contribution in [0.4, 0.5) is 0 Å². The summed E-state index contributed by atoms with van der Waals surface area (Å²) in [5, 5.41) is 8.82. The molecule has 0 fully saturated rings. The lowest BCUT2D eigenvalue weighted by Gasteiger charge is -2.23. The molecule has 0 saturated carbocycles. The van der Waals surface area contributed by atoms with Crippen LogP contribution in [0.5, 0.6) is 0 Å². The number of carboxylic acid groups (broad SMARTS) is 1. The lowest BCUT2D eigenvalue weighted by molar-refractivity contribution is -0.137. The number of rotatable bonds is 4. The highest BCUT2D eigenvalue weighted by Crippen LogP contribution is 2.26. The first-order chi connectivity index (χ1) is 8.56. The second-order valence-electron chi connectivity index (χ2n) is 4.19. The van der Waals surface area contributed by atoms with Gasteiger partial charge in [0.25, 0.3) is 11.8 Å². The van der Waals surface area contributed by atoms with Gasteiger partial charge in [0.2, 0.25) is 0 Å². The Bertz CT molecular complexity index is 488. The maximum atomic E-state index is 12.1. The van der Waals surface area contributed by atoms with Crippen LogP contribution in [0.3, 0.4) is 0 Å². The van der Waals surface area contributed by atoms with E-state index in [1.807, 2.05) is 0 Å². The average Bonchev–Trinajstić information content (AvgIpc) is 2.60. The first-order valence-corrected chi connectivity index (χ1v) is 5.75. The smallest absolute Gasteiger partial charge is 0.305 e. The van der Waals surface area contributed by atoms with Crippen molar-refractivity contribution in [1.82, 2.24) is 4.90 Å². The van der Waals surface area contributed by atoms with Crippen LogP contribution in [0.2, 0.25) is 0 Å². The highest BCUT2D eigenvalue weighted by molar-refractivity contribution is 6.21. The second kappa shape index (κ2) is 4.60. The van der Waals surface area contributed by atoms with E-state index >= 15 is 0 Å². The molecule has 0 spiro atoms. The predicted molar refractivity (Wildman–Crippen MR) is 63.3 cm³/mol. The Morgan fingerprint density at radius 2 is 1.72 bits per heavy atom. The highest BCUT2D eigenvalue weighted by atomic mass is 16.4. The zero-order chi connectivity index (χ0) is 13.3. The van der Waals surface area contributed by atoms with Gasteiger partial charge in [-0.3, -0.25) is 19.3 Å². The van der Waals surface area contributed by atoms with Crippen molar-refractivity contribution < 1.29 is 19.5 Å². The summed E-state index contributed by atoms with van der Waals surface area (Å²) in [5.74, 6) is -1.81. The van der Waals surface area contributed by atoms with E-state index in [2.05, 4.69) is 0 Å². The van der Waals surface area contributed by atoms with Crippen LogP contribution in [-0.4, -0.2) is 33.8 Å². The van der Waals surface area contributed by atoms with Crippen LogP contribution in [-0.2, 0) is 4.79 Å². The molecule has 2 rings (SSSR count). The zero-order valence-electron chi connectivity index (χ0n) is 9.92. The third kappa shape index (κ3) is 1.88. The van der Waals surface area contributed by atoms with Crippen LogP contribution in [0.1, 0.15) is 40.5 Å². The van der Waals surface area contributed by atoms with Gasteiger partial charge in [-0.1, -0.05) is 19.1 Å². The SMILES string of the molecule is CC[C@@H](CC(=O)O)N1C(=O)c2ccccc2C1=O. The summed E-state index contributed by atoms with van der Waals surface area (Å²) in [6, 6.07) is 5.96. The van der Waals surface area contributed by atoms with Crippen molar-refractivity contribution in [2.45, 2.75) is 25.8 Å². The summed E-state index contributed by atoms with van der Waals surface area (Å²) < 4.78 is 0. The number of fused-ring (bicyclic) bond motifs is 1. The Morgan fingerprint density at radius 3 is 2.11 bits per heavy atom. The number of carboxylic acids is 1. The van der Waals surface area contributed by atoms with E-state index in [-0.39, 0.29) is 6.42 Å². The molecule has 0 saturated heterocycles. The second-order valence-corrected chi connectivity index (χ2v) is 4.19. The number of imide groups is 1. The van der Waals surface area contributed by atoms with E-state index in [0.29, 0.717) is 17.5 Å². The minimum atomic E-state index is -1.02. The molecule has 1 aliphatic heterocycles. The number of aliphatic carboxylic acids is 1. The number of carbonyl (C=O) groups excluding carboxylic acids is 2. The summed E-state index contributed by atoms with van der Waals surface area (Å²) in [6.07, 6.45) is 0.208. The summed E-state index contributed by atoms with van der Waals surface area (Å²) in [7, 11) is 0. The summed E-state index contributed by atoms with van der Waals surface area (Å²) in [6.45, 7) is 1.76. The van der Waals surface area contributed by atoms with Gasteiger partial charge in [-0.05, 0) is 18.6 Å². The van der Waals surface area contributed by atoms with E-state index in [9.17, 15) is 14.4 Å². The number of benzene rings is 1. The van der Waals surface area contributed by atoms with Gasteiger partial charge < -0.3 is 5.11 Å². The van der Waals surface area contributed by atoms with Crippen LogP contribution in [0, 0.1) is 0 Å². The van der Waals surface area contributed by atoms with Crippen molar-refractivity contribution in [2.75, 3.05) is 0 Å². The normalized spacial score (nSPS) is 15.7. The first kappa shape index (κ1) is 12.3. The quantitative estimate of drug-likeness (QED) is 0.819. The fourth-order valence-corrected chi connectivity index (χ4v) is 2.16. The molecule has 0 bridgehead atoms. The molecule has 0 aliphatic carbocycles. The average molecular weight is 247 g/mol. The Morgan fingerprint density at radius 1 is 1.22 bits per heavy atom. The van der Waals surface area contributed by atoms with Crippen molar-refractivity contribution >= 4 is 17.8 Å². The van der Waals surface area contributed by atoms with Gasteiger partial charge in [-0.2, -0.15) is 0 Å². The van der Waals surface area contributed by atoms with Gasteiger partial charge in [0.05, 0.1) is 23.6 Å². The Kier molecular flexibility index (Phi) is 3.14. The van der Waals surface area contributed by atoms with Gasteiger partial charge in [0.15, 0.2) is 0 Å².